The second-order valence-corrected chi connectivity index (χ2v) is 13.2. The molecule has 2 aliphatic rings. The van der Waals surface area contributed by atoms with Gasteiger partial charge in [0.05, 0.1) is 19.4 Å². The quantitative estimate of drug-likeness (QED) is 0.209. The monoisotopic (exact) mass is 665 g/mol. The van der Waals surface area contributed by atoms with Crippen molar-refractivity contribution >= 4 is 29.4 Å². The number of anilines is 1. The molecule has 0 bridgehead atoms. The Morgan fingerprint density at radius 1 is 0.979 bits per heavy atom. The molecule has 0 saturated heterocycles. The number of benzene rings is 3. The predicted octanol–water partition coefficient (Wildman–Crippen LogP) is 5.91. The molecule has 0 fully saturated rings. The van der Waals surface area contributed by atoms with Gasteiger partial charge in [-0.25, -0.2) is 4.79 Å². The molecule has 1 N–H and O–H groups in total. The van der Waals surface area contributed by atoms with E-state index in [0.29, 0.717) is 74.6 Å². The number of hydrogen-bond donors (Lipinski definition) is 1. The largest absolute Gasteiger partial charge is 0.497 e. The molecule has 0 unspecified atom stereocenters. The normalized spacial score (nSPS) is 15.3. The summed E-state index contributed by atoms with van der Waals surface area (Å²) in [7, 11) is 3.41. The van der Waals surface area contributed by atoms with Gasteiger partial charge in [-0.2, -0.15) is 0 Å². The third kappa shape index (κ3) is 9.17. The van der Waals surface area contributed by atoms with Gasteiger partial charge in [0, 0.05) is 49.8 Å². The number of ether oxygens (including phenoxy) is 6. The minimum atomic E-state index is -0.570. The van der Waals surface area contributed by atoms with E-state index in [2.05, 4.69) is 10.2 Å². The molecule has 2 aliphatic heterocycles. The number of likely N-dealkylation sites (N-methyl/N-ethyl adjacent to an activating group) is 1. The minimum absolute atomic E-state index is 0.0158. The van der Waals surface area contributed by atoms with Gasteiger partial charge in [0.15, 0.2) is 11.5 Å². The van der Waals surface area contributed by atoms with E-state index in [1.54, 1.807) is 19.1 Å². The fourth-order valence-electron chi connectivity index (χ4n) is 5.19. The van der Waals surface area contributed by atoms with Crippen molar-refractivity contribution in [1.29, 1.82) is 0 Å². The zero-order valence-electron chi connectivity index (χ0n) is 27.6. The molecule has 0 saturated carbocycles. The molecular weight excluding hydrogens is 622 g/mol. The Morgan fingerprint density at radius 2 is 1.77 bits per heavy atom. The van der Waals surface area contributed by atoms with Gasteiger partial charge in [-0.05, 0) is 69.7 Å². The van der Waals surface area contributed by atoms with Gasteiger partial charge in [0.2, 0.25) is 12.7 Å². The van der Waals surface area contributed by atoms with Crippen LogP contribution in [0.5, 0.6) is 28.7 Å². The first-order chi connectivity index (χ1) is 22.6. The van der Waals surface area contributed by atoms with E-state index in [0.717, 1.165) is 16.1 Å². The first-order valence-electron chi connectivity index (χ1n) is 15.7. The lowest BCUT2D eigenvalue weighted by molar-refractivity contribution is -0.118. The number of carbonyl (C=O) groups is 2. The summed E-state index contributed by atoms with van der Waals surface area (Å²) in [5.41, 5.74) is 1.10. The van der Waals surface area contributed by atoms with E-state index in [1.165, 1.54) is 11.8 Å². The summed E-state index contributed by atoms with van der Waals surface area (Å²) >= 11 is 1.52. The topological polar surface area (TPSA) is 108 Å². The van der Waals surface area contributed by atoms with Crippen molar-refractivity contribution in [3.8, 4) is 28.7 Å². The van der Waals surface area contributed by atoms with Gasteiger partial charge in [-0.15, -0.1) is 11.8 Å². The molecule has 2 amide bonds. The van der Waals surface area contributed by atoms with E-state index in [9.17, 15) is 9.59 Å². The van der Waals surface area contributed by atoms with Crippen molar-refractivity contribution in [2.45, 2.75) is 42.9 Å². The third-order valence-corrected chi connectivity index (χ3v) is 8.81. The summed E-state index contributed by atoms with van der Waals surface area (Å²) < 4.78 is 34.0. The first kappa shape index (κ1) is 34.1. The van der Waals surface area contributed by atoms with Gasteiger partial charge in [-0.1, -0.05) is 12.1 Å². The number of nitrogens with one attached hydrogen (secondary N) is 1. The summed E-state index contributed by atoms with van der Waals surface area (Å²) in [4.78, 5) is 30.6. The van der Waals surface area contributed by atoms with Gasteiger partial charge >= 0.3 is 6.09 Å². The molecule has 0 spiro atoms. The SMILES string of the molecule is COc1ccc(OCCCN(CCNC(=O)OC(C)(C)C)CCOc2ccc3c(c2)OCO3)c([C@H]2Sc3ccccc3N(C)C2=O)c1. The van der Waals surface area contributed by atoms with Crippen LogP contribution in [0.4, 0.5) is 10.5 Å². The Kier molecular flexibility index (Phi) is 11.3. The molecule has 1 atom stereocenters. The highest BCUT2D eigenvalue weighted by Crippen LogP contribution is 2.48. The van der Waals surface area contributed by atoms with Crippen LogP contribution >= 0.6 is 11.8 Å². The number of alkyl carbamates (subject to hydrolysis) is 1. The lowest BCUT2D eigenvalue weighted by Crippen LogP contribution is -2.39. The molecule has 11 nitrogen and oxygen atoms in total. The number of carbonyl (C=O) groups excluding carboxylic acids is 2. The maximum absolute atomic E-state index is 13.5. The molecule has 0 aliphatic carbocycles. The molecule has 0 radical (unpaired) electrons. The number of thioether (sulfide) groups is 1. The highest BCUT2D eigenvalue weighted by atomic mass is 32.2. The lowest BCUT2D eigenvalue weighted by Gasteiger charge is -2.32. The van der Waals surface area contributed by atoms with Crippen molar-refractivity contribution in [2.24, 2.45) is 0 Å². The molecule has 3 aromatic carbocycles. The zero-order valence-corrected chi connectivity index (χ0v) is 28.4. The van der Waals surface area contributed by atoms with Crippen LogP contribution in [0.2, 0.25) is 0 Å². The molecule has 2 heterocycles. The number of rotatable bonds is 14. The van der Waals surface area contributed by atoms with Crippen LogP contribution < -0.4 is 33.9 Å². The summed E-state index contributed by atoms with van der Waals surface area (Å²) in [5.74, 6) is 3.36. The van der Waals surface area contributed by atoms with Gasteiger partial charge in [0.25, 0.3) is 0 Å². The average molecular weight is 666 g/mol. The van der Waals surface area contributed by atoms with Crippen LogP contribution in [0, 0.1) is 0 Å². The highest BCUT2D eigenvalue weighted by molar-refractivity contribution is 8.00. The maximum atomic E-state index is 13.5. The Hall–Kier alpha value is -4.29. The Balaban J connectivity index is 1.19. The third-order valence-electron chi connectivity index (χ3n) is 7.52. The molecule has 5 rings (SSSR count). The standard InChI is InChI=1S/C35H43N3O8S/c1-35(2,3)46-34(40)36-15-17-38(18-20-42-25-12-14-29-30(22-25)45-23-44-29)16-8-19-43-28-13-11-24(41-5)21-26(28)32-33(39)37(4)27-9-6-7-10-31(27)47-32/h6-7,9-14,21-22,32H,8,15-20,23H2,1-5H3,(H,36,40)/t32-/m1/s1. The van der Waals surface area contributed by atoms with E-state index >= 15 is 0 Å². The van der Waals surface area contributed by atoms with Crippen LogP contribution in [-0.2, 0) is 9.53 Å². The lowest BCUT2D eigenvalue weighted by atomic mass is 10.1. The van der Waals surface area contributed by atoms with Crippen LogP contribution in [0.3, 0.4) is 0 Å². The van der Waals surface area contributed by atoms with E-state index in [4.69, 9.17) is 28.4 Å². The maximum Gasteiger partial charge on any atom is 0.407 e. The molecule has 0 aromatic heterocycles. The zero-order chi connectivity index (χ0) is 33.4. The number of hydrogen-bond acceptors (Lipinski definition) is 10. The van der Waals surface area contributed by atoms with Gasteiger partial charge < -0.3 is 38.6 Å². The summed E-state index contributed by atoms with van der Waals surface area (Å²) in [5, 5.41) is 2.37. The number of nitrogens with zero attached hydrogens (tertiary/aromatic N) is 2. The van der Waals surface area contributed by atoms with E-state index in [-0.39, 0.29) is 12.7 Å². The summed E-state index contributed by atoms with van der Waals surface area (Å²) in [6.45, 7) is 8.90. The van der Waals surface area contributed by atoms with Crippen LogP contribution in [-0.4, -0.2) is 82.8 Å². The van der Waals surface area contributed by atoms with Crippen molar-refractivity contribution in [2.75, 3.05) is 65.2 Å². The van der Waals surface area contributed by atoms with Crippen LogP contribution in [0.15, 0.2) is 65.6 Å². The molecular formula is C35H43N3O8S. The fourth-order valence-corrected chi connectivity index (χ4v) is 6.49. The van der Waals surface area contributed by atoms with E-state index in [1.807, 2.05) is 81.4 Å². The number of fused-ring (bicyclic) bond motifs is 2. The average Bonchev–Trinajstić information content (AvgIpc) is 3.52. The second kappa shape index (κ2) is 15.5. The molecule has 3 aromatic rings. The predicted molar refractivity (Wildman–Crippen MR) is 180 cm³/mol. The molecule has 47 heavy (non-hydrogen) atoms. The van der Waals surface area contributed by atoms with Crippen molar-refractivity contribution in [3.63, 3.8) is 0 Å². The van der Waals surface area contributed by atoms with Crippen LogP contribution in [0.25, 0.3) is 0 Å². The Labute approximate surface area is 280 Å². The summed E-state index contributed by atoms with van der Waals surface area (Å²) in [6, 6.07) is 19.0. The van der Waals surface area contributed by atoms with Gasteiger partial charge in [-0.3, -0.25) is 9.69 Å². The van der Waals surface area contributed by atoms with E-state index < -0.39 is 16.9 Å². The van der Waals surface area contributed by atoms with Crippen molar-refractivity contribution in [1.82, 2.24) is 10.2 Å². The van der Waals surface area contributed by atoms with Crippen LogP contribution in [0.1, 0.15) is 38.0 Å². The van der Waals surface area contributed by atoms with Crippen molar-refractivity contribution in [3.05, 3.63) is 66.2 Å². The smallest absolute Gasteiger partial charge is 0.407 e. The minimum Gasteiger partial charge on any atom is -0.497 e. The molecule has 12 heteroatoms. The Morgan fingerprint density at radius 3 is 2.57 bits per heavy atom. The second-order valence-electron chi connectivity index (χ2n) is 12.1. The highest BCUT2D eigenvalue weighted by Gasteiger charge is 2.34. The fraction of sp³-hybridized carbons (Fsp3) is 0.429. The summed E-state index contributed by atoms with van der Waals surface area (Å²) in [6.07, 6.45) is 0.254. The number of amides is 2. The number of para-hydroxylation sites is 1. The van der Waals surface area contributed by atoms with Gasteiger partial charge in [0.1, 0.15) is 34.7 Å². The first-order valence-corrected chi connectivity index (χ1v) is 16.5. The molecule has 252 valence electrons. The Bertz CT molecular complexity index is 1550. The van der Waals surface area contributed by atoms with Crippen molar-refractivity contribution < 1.29 is 38.0 Å². The number of methoxy groups -OCH3 is 1.